The van der Waals surface area contributed by atoms with E-state index in [1.807, 2.05) is 54.6 Å². The smallest absolute Gasteiger partial charge is 0.255 e. The van der Waals surface area contributed by atoms with Gasteiger partial charge in [-0.25, -0.2) is 9.67 Å². The Morgan fingerprint density at radius 2 is 1.56 bits per heavy atom. The molecule has 1 N–H and O–H groups in total. The summed E-state index contributed by atoms with van der Waals surface area (Å²) in [4.78, 5) is 16.3. The minimum Gasteiger partial charge on any atom is -0.457 e. The van der Waals surface area contributed by atoms with Gasteiger partial charge in [0.25, 0.3) is 5.91 Å². The molecule has 0 atom stereocenters. The van der Waals surface area contributed by atoms with Crippen LogP contribution < -0.4 is 10.1 Å². The number of hydrogen-bond acceptors (Lipinski definition) is 4. The van der Waals surface area contributed by atoms with E-state index in [4.69, 9.17) is 4.74 Å². The van der Waals surface area contributed by atoms with Gasteiger partial charge in [0.1, 0.15) is 24.2 Å². The highest BCUT2D eigenvalue weighted by Crippen LogP contribution is 2.23. The molecule has 0 aliphatic carbocycles. The van der Waals surface area contributed by atoms with Crippen LogP contribution in [0, 0.1) is 0 Å². The molecule has 0 aliphatic rings. The SMILES string of the molecule is O=C(Nc1ccc(Oc2ccccc2)cc1)c1ccc(-n2cncn2)cc1. The van der Waals surface area contributed by atoms with Gasteiger partial charge in [-0.15, -0.1) is 0 Å². The molecule has 1 aromatic heterocycles. The van der Waals surface area contributed by atoms with Gasteiger partial charge in [0.2, 0.25) is 0 Å². The summed E-state index contributed by atoms with van der Waals surface area (Å²) in [5.74, 6) is 1.29. The summed E-state index contributed by atoms with van der Waals surface area (Å²) in [6.07, 6.45) is 3.07. The molecular weight excluding hydrogens is 340 g/mol. The number of para-hydroxylation sites is 1. The van der Waals surface area contributed by atoms with Crippen LogP contribution in [0.4, 0.5) is 5.69 Å². The van der Waals surface area contributed by atoms with Crippen molar-refractivity contribution in [2.45, 2.75) is 0 Å². The Kier molecular flexibility index (Phi) is 4.61. The van der Waals surface area contributed by atoms with Gasteiger partial charge in [0, 0.05) is 11.3 Å². The topological polar surface area (TPSA) is 69.0 Å². The van der Waals surface area contributed by atoms with Crippen molar-refractivity contribution in [2.75, 3.05) is 5.32 Å². The Hall–Kier alpha value is -3.93. The van der Waals surface area contributed by atoms with Gasteiger partial charge in [-0.2, -0.15) is 5.10 Å². The minimum atomic E-state index is -0.183. The number of amides is 1. The molecule has 6 nitrogen and oxygen atoms in total. The zero-order chi connectivity index (χ0) is 18.5. The van der Waals surface area contributed by atoms with Gasteiger partial charge in [0.05, 0.1) is 5.69 Å². The minimum absolute atomic E-state index is 0.183. The first-order chi connectivity index (χ1) is 13.3. The molecule has 3 aromatic carbocycles. The molecule has 132 valence electrons. The molecule has 0 aliphatic heterocycles. The average Bonchev–Trinajstić information content (AvgIpc) is 3.25. The van der Waals surface area contributed by atoms with E-state index in [9.17, 15) is 4.79 Å². The molecule has 4 rings (SSSR count). The molecular formula is C21H16N4O2. The highest BCUT2D eigenvalue weighted by Gasteiger charge is 2.07. The van der Waals surface area contributed by atoms with Gasteiger partial charge in [-0.1, -0.05) is 18.2 Å². The number of carbonyl (C=O) groups excluding carboxylic acids is 1. The molecule has 0 radical (unpaired) electrons. The van der Waals surface area contributed by atoms with Crippen LogP contribution in [0.25, 0.3) is 5.69 Å². The lowest BCUT2D eigenvalue weighted by Gasteiger charge is -2.08. The van der Waals surface area contributed by atoms with Crippen LogP contribution in [0.15, 0.2) is 91.5 Å². The van der Waals surface area contributed by atoms with Gasteiger partial charge >= 0.3 is 0 Å². The molecule has 0 spiro atoms. The average molecular weight is 356 g/mol. The number of ether oxygens (including phenoxy) is 1. The van der Waals surface area contributed by atoms with Crippen LogP contribution in [0.2, 0.25) is 0 Å². The summed E-state index contributed by atoms with van der Waals surface area (Å²) in [5.41, 5.74) is 2.09. The van der Waals surface area contributed by atoms with E-state index in [2.05, 4.69) is 15.4 Å². The number of rotatable bonds is 5. The Morgan fingerprint density at radius 1 is 0.852 bits per heavy atom. The number of nitrogens with zero attached hydrogens (tertiary/aromatic N) is 3. The van der Waals surface area contributed by atoms with Gasteiger partial charge in [-0.3, -0.25) is 4.79 Å². The van der Waals surface area contributed by atoms with Crippen LogP contribution in [0.5, 0.6) is 11.5 Å². The van der Waals surface area contributed by atoms with Gasteiger partial charge in [-0.05, 0) is 60.7 Å². The molecule has 1 heterocycles. The standard InChI is InChI=1S/C21H16N4O2/c26-21(16-6-10-18(11-7-16)25-15-22-14-23-25)24-17-8-12-20(13-9-17)27-19-4-2-1-3-5-19/h1-15H,(H,24,26). The van der Waals surface area contributed by atoms with Crippen molar-refractivity contribution in [3.63, 3.8) is 0 Å². The third-order valence-corrected chi connectivity index (χ3v) is 3.90. The van der Waals surface area contributed by atoms with E-state index in [1.54, 1.807) is 35.3 Å². The largest absolute Gasteiger partial charge is 0.457 e. The van der Waals surface area contributed by atoms with Crippen molar-refractivity contribution < 1.29 is 9.53 Å². The zero-order valence-electron chi connectivity index (χ0n) is 14.3. The number of anilines is 1. The lowest BCUT2D eigenvalue weighted by molar-refractivity contribution is 0.102. The first-order valence-corrected chi connectivity index (χ1v) is 8.37. The van der Waals surface area contributed by atoms with Crippen LogP contribution in [0.1, 0.15) is 10.4 Å². The Morgan fingerprint density at radius 3 is 2.22 bits per heavy atom. The van der Waals surface area contributed by atoms with E-state index in [-0.39, 0.29) is 5.91 Å². The van der Waals surface area contributed by atoms with Crippen LogP contribution in [-0.2, 0) is 0 Å². The first-order valence-electron chi connectivity index (χ1n) is 8.37. The van der Waals surface area contributed by atoms with E-state index >= 15 is 0 Å². The maximum absolute atomic E-state index is 12.4. The maximum atomic E-state index is 12.4. The van der Waals surface area contributed by atoms with E-state index in [1.165, 1.54) is 6.33 Å². The quantitative estimate of drug-likeness (QED) is 0.578. The molecule has 0 bridgehead atoms. The van der Waals surface area contributed by atoms with Crippen molar-refractivity contribution >= 4 is 11.6 Å². The lowest BCUT2D eigenvalue weighted by atomic mass is 10.2. The Bertz CT molecular complexity index is 1010. The summed E-state index contributed by atoms with van der Waals surface area (Å²) in [5, 5.41) is 6.93. The number of hydrogen-bond donors (Lipinski definition) is 1. The molecule has 6 heteroatoms. The van der Waals surface area contributed by atoms with Crippen molar-refractivity contribution in [3.05, 3.63) is 97.1 Å². The molecule has 0 saturated carbocycles. The predicted octanol–water partition coefficient (Wildman–Crippen LogP) is 4.31. The summed E-state index contributed by atoms with van der Waals surface area (Å²) in [6, 6.07) is 23.9. The number of nitrogens with one attached hydrogen (secondary N) is 1. The van der Waals surface area contributed by atoms with Crippen LogP contribution in [0.3, 0.4) is 0 Å². The number of benzene rings is 3. The fourth-order valence-electron chi connectivity index (χ4n) is 2.54. The molecule has 1 amide bonds. The molecule has 0 saturated heterocycles. The molecule has 27 heavy (non-hydrogen) atoms. The van der Waals surface area contributed by atoms with E-state index in [0.29, 0.717) is 17.0 Å². The fourth-order valence-corrected chi connectivity index (χ4v) is 2.54. The van der Waals surface area contributed by atoms with Crippen molar-refractivity contribution in [3.8, 4) is 17.2 Å². The third kappa shape index (κ3) is 4.01. The Labute approximate surface area is 156 Å². The monoisotopic (exact) mass is 356 g/mol. The van der Waals surface area contributed by atoms with Crippen molar-refractivity contribution in [2.24, 2.45) is 0 Å². The van der Waals surface area contributed by atoms with Crippen molar-refractivity contribution in [1.29, 1.82) is 0 Å². The fraction of sp³-hybridized carbons (Fsp3) is 0. The van der Waals surface area contributed by atoms with E-state index in [0.717, 1.165) is 11.4 Å². The van der Waals surface area contributed by atoms with Crippen LogP contribution in [-0.4, -0.2) is 20.7 Å². The second kappa shape index (κ2) is 7.53. The summed E-state index contributed by atoms with van der Waals surface area (Å²) >= 11 is 0. The molecule has 0 fully saturated rings. The number of aromatic nitrogens is 3. The molecule has 0 unspecified atom stereocenters. The third-order valence-electron chi connectivity index (χ3n) is 3.90. The molecule has 4 aromatic rings. The second-order valence-electron chi connectivity index (χ2n) is 5.78. The second-order valence-corrected chi connectivity index (χ2v) is 5.78. The summed E-state index contributed by atoms with van der Waals surface area (Å²) in [7, 11) is 0. The summed E-state index contributed by atoms with van der Waals surface area (Å²) < 4.78 is 7.38. The number of carbonyl (C=O) groups is 1. The highest BCUT2D eigenvalue weighted by molar-refractivity contribution is 6.04. The summed E-state index contributed by atoms with van der Waals surface area (Å²) in [6.45, 7) is 0. The first kappa shape index (κ1) is 16.5. The zero-order valence-corrected chi connectivity index (χ0v) is 14.3. The Balaban J connectivity index is 1.40. The lowest BCUT2D eigenvalue weighted by Crippen LogP contribution is -2.11. The predicted molar refractivity (Wildman–Crippen MR) is 102 cm³/mol. The van der Waals surface area contributed by atoms with E-state index < -0.39 is 0 Å². The van der Waals surface area contributed by atoms with Crippen LogP contribution >= 0.6 is 0 Å². The van der Waals surface area contributed by atoms with Gasteiger partial charge in [0.15, 0.2) is 0 Å². The van der Waals surface area contributed by atoms with Gasteiger partial charge < -0.3 is 10.1 Å². The maximum Gasteiger partial charge on any atom is 0.255 e. The normalized spacial score (nSPS) is 10.4. The van der Waals surface area contributed by atoms with Crippen molar-refractivity contribution in [1.82, 2.24) is 14.8 Å². The highest BCUT2D eigenvalue weighted by atomic mass is 16.5.